The van der Waals surface area contributed by atoms with Gasteiger partial charge in [-0.25, -0.2) is 4.98 Å². The van der Waals surface area contributed by atoms with Gasteiger partial charge in [-0.1, -0.05) is 23.7 Å². The monoisotopic (exact) mass is 433 g/mol. The summed E-state index contributed by atoms with van der Waals surface area (Å²) in [6, 6.07) is 5.79. The summed E-state index contributed by atoms with van der Waals surface area (Å²) in [4.78, 5) is 33.0. The van der Waals surface area contributed by atoms with Crippen molar-refractivity contribution in [2.45, 2.75) is 44.6 Å². The van der Waals surface area contributed by atoms with Crippen molar-refractivity contribution in [3.63, 3.8) is 0 Å². The quantitative estimate of drug-likeness (QED) is 0.807. The van der Waals surface area contributed by atoms with E-state index in [1.54, 1.807) is 27.0 Å². The zero-order valence-corrected chi connectivity index (χ0v) is 18.3. The topological polar surface area (TPSA) is 73.7 Å². The maximum absolute atomic E-state index is 13.1. The number of rotatable bonds is 3. The van der Waals surface area contributed by atoms with Crippen molar-refractivity contribution in [3.05, 3.63) is 44.9 Å². The highest BCUT2D eigenvalue weighted by atomic mass is 35.5. The van der Waals surface area contributed by atoms with Gasteiger partial charge in [-0.05, 0) is 37.5 Å². The van der Waals surface area contributed by atoms with Gasteiger partial charge in [-0.3, -0.25) is 9.59 Å². The number of nitrogens with zero attached hydrogens (tertiary/aromatic N) is 3. The second-order valence-electron chi connectivity index (χ2n) is 8.48. The van der Waals surface area contributed by atoms with Crippen LogP contribution in [0.5, 0.6) is 0 Å². The zero-order valence-electron chi connectivity index (χ0n) is 16.7. The molecule has 1 N–H and O–H groups in total. The van der Waals surface area contributed by atoms with Crippen molar-refractivity contribution in [1.82, 2.24) is 9.88 Å². The van der Waals surface area contributed by atoms with Crippen LogP contribution in [-0.2, 0) is 27.0 Å². The average Bonchev–Trinajstić information content (AvgIpc) is 3.33. The SMILES string of the molecule is CC(=O)N1CCC2(C1)CN(C(=O)Cc1ncc(Cl)s1)c1ccc(C(C)(C)O)cc12. The van der Waals surface area contributed by atoms with Gasteiger partial charge in [0.1, 0.15) is 9.34 Å². The number of hydrogen-bond donors (Lipinski definition) is 1. The third-order valence-corrected chi connectivity index (χ3v) is 7.07. The van der Waals surface area contributed by atoms with Crippen LogP contribution in [0.1, 0.15) is 43.3 Å². The largest absolute Gasteiger partial charge is 0.386 e. The van der Waals surface area contributed by atoms with Gasteiger partial charge in [0.15, 0.2) is 0 Å². The molecule has 2 aliphatic rings. The van der Waals surface area contributed by atoms with Gasteiger partial charge >= 0.3 is 0 Å². The molecule has 0 bridgehead atoms. The lowest BCUT2D eigenvalue weighted by Gasteiger charge is -2.26. The second-order valence-corrected chi connectivity index (χ2v) is 10.2. The number of aliphatic hydroxyl groups is 1. The van der Waals surface area contributed by atoms with E-state index in [-0.39, 0.29) is 23.7 Å². The molecule has 1 spiro atoms. The first-order chi connectivity index (χ1) is 13.6. The molecule has 0 aliphatic carbocycles. The number of thiazole rings is 1. The maximum atomic E-state index is 13.1. The van der Waals surface area contributed by atoms with E-state index in [0.717, 1.165) is 23.2 Å². The molecule has 3 heterocycles. The van der Waals surface area contributed by atoms with Crippen LogP contribution in [0, 0.1) is 0 Å². The molecular weight excluding hydrogens is 410 g/mol. The van der Waals surface area contributed by atoms with Crippen LogP contribution in [-0.4, -0.2) is 46.4 Å². The minimum absolute atomic E-state index is 0.0357. The van der Waals surface area contributed by atoms with Gasteiger partial charge in [0, 0.05) is 37.7 Å². The van der Waals surface area contributed by atoms with Crippen molar-refractivity contribution in [2.75, 3.05) is 24.5 Å². The van der Waals surface area contributed by atoms with Crippen LogP contribution < -0.4 is 4.90 Å². The summed E-state index contributed by atoms with van der Waals surface area (Å²) in [5.74, 6) is 0.00990. The molecule has 0 saturated carbocycles. The van der Waals surface area contributed by atoms with E-state index in [1.165, 1.54) is 11.3 Å². The summed E-state index contributed by atoms with van der Waals surface area (Å²) >= 11 is 7.27. The molecule has 29 heavy (non-hydrogen) atoms. The number of benzene rings is 1. The summed E-state index contributed by atoms with van der Waals surface area (Å²) in [5.41, 5.74) is 1.41. The predicted molar refractivity (Wildman–Crippen MR) is 113 cm³/mol. The molecule has 1 unspecified atom stereocenters. The van der Waals surface area contributed by atoms with Gasteiger partial charge in [0.2, 0.25) is 11.8 Å². The van der Waals surface area contributed by atoms with E-state index < -0.39 is 5.60 Å². The van der Waals surface area contributed by atoms with E-state index in [2.05, 4.69) is 4.98 Å². The van der Waals surface area contributed by atoms with Crippen molar-refractivity contribution >= 4 is 40.4 Å². The lowest BCUT2D eigenvalue weighted by atomic mass is 9.80. The fraction of sp³-hybridized carbons (Fsp3) is 0.476. The number of carbonyl (C=O) groups excluding carboxylic acids is 2. The first-order valence-electron chi connectivity index (χ1n) is 9.62. The molecular formula is C21H24ClN3O3S. The van der Waals surface area contributed by atoms with Crippen LogP contribution >= 0.6 is 22.9 Å². The Kier molecular flexibility index (Phi) is 4.96. The van der Waals surface area contributed by atoms with Crippen LogP contribution in [0.2, 0.25) is 4.34 Å². The van der Waals surface area contributed by atoms with Gasteiger partial charge in [-0.15, -0.1) is 11.3 Å². The fourth-order valence-corrected chi connectivity index (χ4v) is 5.30. The number of hydrogen-bond acceptors (Lipinski definition) is 5. The second kappa shape index (κ2) is 7.07. The molecule has 1 saturated heterocycles. The lowest BCUT2D eigenvalue weighted by molar-refractivity contribution is -0.127. The van der Waals surface area contributed by atoms with E-state index in [4.69, 9.17) is 11.6 Å². The number of aromatic nitrogens is 1. The molecule has 2 aliphatic heterocycles. The minimum Gasteiger partial charge on any atom is -0.386 e. The highest BCUT2D eigenvalue weighted by Gasteiger charge is 2.49. The van der Waals surface area contributed by atoms with E-state index >= 15 is 0 Å². The Morgan fingerprint density at radius 1 is 1.34 bits per heavy atom. The van der Waals surface area contributed by atoms with Crippen LogP contribution in [0.4, 0.5) is 5.69 Å². The summed E-state index contributed by atoms with van der Waals surface area (Å²) in [7, 11) is 0. The molecule has 1 atom stereocenters. The Morgan fingerprint density at radius 3 is 2.69 bits per heavy atom. The molecule has 8 heteroatoms. The van der Waals surface area contributed by atoms with Crippen LogP contribution in [0.3, 0.4) is 0 Å². The number of amides is 2. The molecule has 2 aromatic rings. The highest BCUT2D eigenvalue weighted by Crippen LogP contribution is 2.47. The number of anilines is 1. The van der Waals surface area contributed by atoms with Gasteiger partial charge in [0.05, 0.1) is 18.2 Å². The van der Waals surface area contributed by atoms with Crippen molar-refractivity contribution in [2.24, 2.45) is 0 Å². The number of halogens is 1. The molecule has 154 valence electrons. The van der Waals surface area contributed by atoms with Crippen molar-refractivity contribution in [1.29, 1.82) is 0 Å². The smallest absolute Gasteiger partial charge is 0.233 e. The third-order valence-electron chi connectivity index (χ3n) is 5.95. The molecule has 1 fully saturated rings. The molecule has 2 amide bonds. The maximum Gasteiger partial charge on any atom is 0.233 e. The summed E-state index contributed by atoms with van der Waals surface area (Å²) in [6.45, 7) is 6.86. The Labute approximate surface area is 179 Å². The lowest BCUT2D eigenvalue weighted by Crippen LogP contribution is -2.40. The first kappa shape index (κ1) is 20.3. The molecule has 1 aromatic heterocycles. The third kappa shape index (κ3) is 3.67. The summed E-state index contributed by atoms with van der Waals surface area (Å²) < 4.78 is 0.564. The molecule has 1 aromatic carbocycles. The Morgan fingerprint density at radius 2 is 2.10 bits per heavy atom. The number of likely N-dealkylation sites (tertiary alicyclic amines) is 1. The Balaban J connectivity index is 1.71. The zero-order chi connectivity index (χ0) is 21.0. The standard InChI is InChI=1S/C21H24ClN3O3S/c1-13(26)24-7-6-21(11-24)12-25(19(27)9-18-23-10-17(22)29-18)16-5-4-14(8-15(16)21)20(2,3)28/h4-5,8,10,28H,6-7,9,11-12H2,1-3H3. The Hall–Kier alpha value is -1.96. The molecule has 6 nitrogen and oxygen atoms in total. The van der Waals surface area contributed by atoms with E-state index in [9.17, 15) is 14.7 Å². The van der Waals surface area contributed by atoms with Crippen molar-refractivity contribution in [3.8, 4) is 0 Å². The summed E-state index contributed by atoms with van der Waals surface area (Å²) in [5, 5.41) is 11.2. The van der Waals surface area contributed by atoms with Crippen LogP contribution in [0.15, 0.2) is 24.4 Å². The number of fused-ring (bicyclic) bond motifs is 2. The average molecular weight is 434 g/mol. The molecule has 0 radical (unpaired) electrons. The van der Waals surface area contributed by atoms with Gasteiger partial charge < -0.3 is 14.9 Å². The van der Waals surface area contributed by atoms with Gasteiger partial charge in [0.25, 0.3) is 0 Å². The minimum atomic E-state index is -0.982. The van der Waals surface area contributed by atoms with E-state index in [1.807, 2.05) is 28.0 Å². The van der Waals surface area contributed by atoms with E-state index in [0.29, 0.717) is 29.0 Å². The van der Waals surface area contributed by atoms with Crippen LogP contribution in [0.25, 0.3) is 0 Å². The summed E-state index contributed by atoms with van der Waals surface area (Å²) in [6.07, 6.45) is 2.55. The molecule has 4 rings (SSSR count). The predicted octanol–water partition coefficient (Wildman–Crippen LogP) is 3.10. The fourth-order valence-electron chi connectivity index (χ4n) is 4.36. The van der Waals surface area contributed by atoms with Crippen molar-refractivity contribution < 1.29 is 14.7 Å². The first-order valence-corrected chi connectivity index (χ1v) is 10.8. The Bertz CT molecular complexity index is 984. The normalized spacial score (nSPS) is 21.1. The van der Waals surface area contributed by atoms with Gasteiger partial charge in [-0.2, -0.15) is 0 Å². The number of carbonyl (C=O) groups is 2. The highest BCUT2D eigenvalue weighted by molar-refractivity contribution is 7.15.